The van der Waals surface area contributed by atoms with E-state index in [1.807, 2.05) is 0 Å². The quantitative estimate of drug-likeness (QED) is 0.624. The van der Waals surface area contributed by atoms with Crippen LogP contribution >= 0.6 is 0 Å². The van der Waals surface area contributed by atoms with Gasteiger partial charge in [-0.2, -0.15) is 0 Å². The fraction of sp³-hybridized carbons (Fsp3) is 1.00. The minimum atomic E-state index is -0.299. The lowest BCUT2D eigenvalue weighted by molar-refractivity contribution is 0.00669. The first-order valence-electron chi connectivity index (χ1n) is 3.67. The summed E-state index contributed by atoms with van der Waals surface area (Å²) in [6, 6.07) is 0. The highest BCUT2D eigenvalue weighted by Crippen LogP contribution is 2.29. The molecule has 1 aliphatic rings. The zero-order chi connectivity index (χ0) is 7.45. The molecular formula is C7H14FNO. The van der Waals surface area contributed by atoms with Crippen LogP contribution in [0.1, 0.15) is 12.8 Å². The monoisotopic (exact) mass is 147 g/mol. The third-order valence-electron chi connectivity index (χ3n) is 2.27. The minimum Gasteiger partial charge on any atom is -0.381 e. The standard InChI is InChI=1S/C7H14FNO/c8-5-7(6-9)1-3-10-4-2-7/h1-6,9H2. The van der Waals surface area contributed by atoms with Crippen molar-refractivity contribution in [2.24, 2.45) is 11.1 Å². The average Bonchev–Trinajstić information content (AvgIpc) is 2.06. The van der Waals surface area contributed by atoms with Crippen LogP contribution in [0.5, 0.6) is 0 Å². The van der Waals surface area contributed by atoms with Gasteiger partial charge in [0, 0.05) is 25.2 Å². The van der Waals surface area contributed by atoms with Crippen molar-refractivity contribution in [2.45, 2.75) is 12.8 Å². The topological polar surface area (TPSA) is 35.2 Å². The Morgan fingerprint density at radius 2 is 2.00 bits per heavy atom. The first-order valence-corrected chi connectivity index (χ1v) is 3.67. The van der Waals surface area contributed by atoms with Gasteiger partial charge in [-0.3, -0.25) is 4.39 Å². The molecule has 1 fully saturated rings. The molecule has 0 radical (unpaired) electrons. The molecule has 1 saturated heterocycles. The van der Waals surface area contributed by atoms with Crippen LogP contribution in [0.15, 0.2) is 0 Å². The highest BCUT2D eigenvalue weighted by atomic mass is 19.1. The van der Waals surface area contributed by atoms with E-state index < -0.39 is 0 Å². The van der Waals surface area contributed by atoms with E-state index in [0.29, 0.717) is 19.8 Å². The van der Waals surface area contributed by atoms with Gasteiger partial charge < -0.3 is 10.5 Å². The molecule has 60 valence electrons. The largest absolute Gasteiger partial charge is 0.381 e. The van der Waals surface area contributed by atoms with Crippen molar-refractivity contribution < 1.29 is 9.13 Å². The SMILES string of the molecule is NCC1(CF)CCOCC1. The zero-order valence-corrected chi connectivity index (χ0v) is 6.11. The molecule has 1 rings (SSSR count). The molecule has 0 aromatic carbocycles. The number of alkyl halides is 1. The van der Waals surface area contributed by atoms with Gasteiger partial charge in [0.05, 0.1) is 6.67 Å². The Hall–Kier alpha value is -0.150. The van der Waals surface area contributed by atoms with Crippen LogP contribution in [0, 0.1) is 5.41 Å². The van der Waals surface area contributed by atoms with Crippen molar-refractivity contribution in [2.75, 3.05) is 26.4 Å². The third-order valence-corrected chi connectivity index (χ3v) is 2.27. The molecule has 1 aliphatic heterocycles. The first-order chi connectivity index (χ1) is 4.83. The molecule has 10 heavy (non-hydrogen) atoms. The fourth-order valence-corrected chi connectivity index (χ4v) is 1.20. The highest BCUT2D eigenvalue weighted by molar-refractivity contribution is 4.81. The van der Waals surface area contributed by atoms with Crippen molar-refractivity contribution in [1.29, 1.82) is 0 Å². The average molecular weight is 147 g/mol. The third kappa shape index (κ3) is 1.47. The second-order valence-corrected chi connectivity index (χ2v) is 2.95. The van der Waals surface area contributed by atoms with Gasteiger partial charge in [-0.15, -0.1) is 0 Å². The Labute approximate surface area is 60.5 Å². The van der Waals surface area contributed by atoms with Gasteiger partial charge in [-0.25, -0.2) is 0 Å². The summed E-state index contributed by atoms with van der Waals surface area (Å²) in [7, 11) is 0. The predicted molar refractivity (Wildman–Crippen MR) is 37.5 cm³/mol. The normalized spacial score (nSPS) is 24.6. The minimum absolute atomic E-state index is 0.252. The zero-order valence-electron chi connectivity index (χ0n) is 6.11. The van der Waals surface area contributed by atoms with Gasteiger partial charge in [-0.05, 0) is 12.8 Å². The van der Waals surface area contributed by atoms with Crippen LogP contribution in [0.2, 0.25) is 0 Å². The van der Waals surface area contributed by atoms with Crippen molar-refractivity contribution >= 4 is 0 Å². The summed E-state index contributed by atoms with van der Waals surface area (Å²) < 4.78 is 17.5. The van der Waals surface area contributed by atoms with Crippen LogP contribution in [0.25, 0.3) is 0 Å². The van der Waals surface area contributed by atoms with Crippen LogP contribution in [0.4, 0.5) is 4.39 Å². The lowest BCUT2D eigenvalue weighted by Gasteiger charge is -2.33. The summed E-state index contributed by atoms with van der Waals surface area (Å²) in [5.74, 6) is 0. The number of ether oxygens (including phenoxy) is 1. The summed E-state index contributed by atoms with van der Waals surface area (Å²) in [4.78, 5) is 0. The van der Waals surface area contributed by atoms with E-state index in [1.165, 1.54) is 0 Å². The Bertz CT molecular complexity index is 95.8. The molecule has 2 N–H and O–H groups in total. The molecular weight excluding hydrogens is 133 g/mol. The molecule has 1 heterocycles. The van der Waals surface area contributed by atoms with Gasteiger partial charge in [0.2, 0.25) is 0 Å². The molecule has 0 unspecified atom stereocenters. The van der Waals surface area contributed by atoms with Crippen molar-refractivity contribution in [3.63, 3.8) is 0 Å². The molecule has 3 heteroatoms. The van der Waals surface area contributed by atoms with Gasteiger partial charge >= 0.3 is 0 Å². The van der Waals surface area contributed by atoms with Gasteiger partial charge in [0.25, 0.3) is 0 Å². The van der Waals surface area contributed by atoms with Crippen LogP contribution in [-0.2, 0) is 4.74 Å². The van der Waals surface area contributed by atoms with Gasteiger partial charge in [0.15, 0.2) is 0 Å². The molecule has 0 atom stereocenters. The molecule has 0 bridgehead atoms. The second kappa shape index (κ2) is 3.30. The van der Waals surface area contributed by atoms with Crippen molar-refractivity contribution in [1.82, 2.24) is 0 Å². The van der Waals surface area contributed by atoms with Crippen LogP contribution in [-0.4, -0.2) is 26.4 Å². The van der Waals surface area contributed by atoms with E-state index in [2.05, 4.69) is 0 Å². The highest BCUT2D eigenvalue weighted by Gasteiger charge is 2.30. The second-order valence-electron chi connectivity index (χ2n) is 2.95. The number of rotatable bonds is 2. The molecule has 0 aromatic heterocycles. The van der Waals surface area contributed by atoms with E-state index in [4.69, 9.17) is 10.5 Å². The van der Waals surface area contributed by atoms with Crippen molar-refractivity contribution in [3.05, 3.63) is 0 Å². The summed E-state index contributed by atoms with van der Waals surface area (Å²) in [6.07, 6.45) is 1.56. The summed E-state index contributed by atoms with van der Waals surface area (Å²) in [5.41, 5.74) is 5.20. The molecule has 0 spiro atoms. The van der Waals surface area contributed by atoms with Crippen molar-refractivity contribution in [3.8, 4) is 0 Å². The Kier molecular flexibility index (Phi) is 2.63. The van der Waals surface area contributed by atoms with E-state index in [1.54, 1.807) is 0 Å². The molecule has 0 aliphatic carbocycles. The lowest BCUT2D eigenvalue weighted by atomic mass is 9.82. The summed E-state index contributed by atoms with van der Waals surface area (Å²) >= 11 is 0. The predicted octanol–water partition coefficient (Wildman–Crippen LogP) is 0.711. The first kappa shape index (κ1) is 7.95. The molecule has 0 aromatic rings. The number of halogens is 1. The Morgan fingerprint density at radius 3 is 2.30 bits per heavy atom. The fourth-order valence-electron chi connectivity index (χ4n) is 1.20. The van der Waals surface area contributed by atoms with Gasteiger partial charge in [-0.1, -0.05) is 0 Å². The molecule has 0 amide bonds. The Balaban J connectivity index is 2.44. The smallest absolute Gasteiger partial charge is 0.0964 e. The number of hydrogen-bond acceptors (Lipinski definition) is 2. The van der Waals surface area contributed by atoms with Gasteiger partial charge in [0.1, 0.15) is 0 Å². The van der Waals surface area contributed by atoms with Crippen LogP contribution < -0.4 is 5.73 Å². The van der Waals surface area contributed by atoms with Crippen LogP contribution in [0.3, 0.4) is 0 Å². The maximum atomic E-state index is 12.4. The maximum absolute atomic E-state index is 12.4. The molecule has 0 saturated carbocycles. The summed E-state index contributed by atoms with van der Waals surface area (Å²) in [5, 5.41) is 0. The van der Waals surface area contributed by atoms with E-state index in [0.717, 1.165) is 12.8 Å². The maximum Gasteiger partial charge on any atom is 0.0964 e. The Morgan fingerprint density at radius 1 is 1.40 bits per heavy atom. The molecule has 2 nitrogen and oxygen atoms in total. The summed E-state index contributed by atoms with van der Waals surface area (Å²) in [6.45, 7) is 1.49. The van der Waals surface area contributed by atoms with E-state index in [9.17, 15) is 4.39 Å². The van der Waals surface area contributed by atoms with E-state index in [-0.39, 0.29) is 12.1 Å². The van der Waals surface area contributed by atoms with E-state index >= 15 is 0 Å². The lowest BCUT2D eigenvalue weighted by Crippen LogP contribution is -2.38. The number of nitrogens with two attached hydrogens (primary N) is 1. The number of hydrogen-bond donors (Lipinski definition) is 1.